The van der Waals surface area contributed by atoms with Gasteiger partial charge < -0.3 is 4.90 Å². The summed E-state index contributed by atoms with van der Waals surface area (Å²) in [4.78, 5) is 14.4. The molecule has 1 aliphatic carbocycles. The molecule has 0 radical (unpaired) electrons. The lowest BCUT2D eigenvalue weighted by Gasteiger charge is -2.44. The third-order valence-electron chi connectivity index (χ3n) is 4.16. The molecule has 3 nitrogen and oxygen atoms in total. The highest BCUT2D eigenvalue weighted by atomic mass is 16.2. The molecule has 0 N–H and O–H groups in total. The van der Waals surface area contributed by atoms with Crippen molar-refractivity contribution in [2.24, 2.45) is 11.3 Å². The molecule has 1 aliphatic heterocycles. The highest BCUT2D eigenvalue weighted by molar-refractivity contribution is 5.87. The number of nitriles is 1. The lowest BCUT2D eigenvalue weighted by atomic mass is 9.62. The van der Waals surface area contributed by atoms with Crippen molar-refractivity contribution in [2.75, 3.05) is 6.54 Å². The van der Waals surface area contributed by atoms with E-state index >= 15 is 0 Å². The Labute approximate surface area is 97.4 Å². The summed E-state index contributed by atoms with van der Waals surface area (Å²) in [5.74, 6) is 0.602. The largest absolute Gasteiger partial charge is 0.336 e. The van der Waals surface area contributed by atoms with Gasteiger partial charge in [-0.25, -0.2) is 0 Å². The lowest BCUT2D eigenvalue weighted by Crippen LogP contribution is -2.54. The molecule has 2 rings (SSSR count). The van der Waals surface area contributed by atoms with Crippen LogP contribution in [0.5, 0.6) is 0 Å². The van der Waals surface area contributed by atoms with Gasteiger partial charge in [0.05, 0.1) is 6.07 Å². The molecule has 2 aliphatic rings. The summed E-state index contributed by atoms with van der Waals surface area (Å²) in [6.45, 7) is 7.14. The fourth-order valence-corrected chi connectivity index (χ4v) is 3.19. The minimum absolute atomic E-state index is 0.0558. The highest BCUT2D eigenvalue weighted by Gasteiger charge is 2.53. The molecule has 1 saturated carbocycles. The van der Waals surface area contributed by atoms with Gasteiger partial charge in [-0.3, -0.25) is 4.79 Å². The summed E-state index contributed by atoms with van der Waals surface area (Å²) in [6.07, 6.45) is 3.61. The number of nitrogens with zero attached hydrogens (tertiary/aromatic N) is 2. The summed E-state index contributed by atoms with van der Waals surface area (Å²) >= 11 is 0. The molecule has 0 aromatic carbocycles. The highest BCUT2D eigenvalue weighted by Crippen LogP contribution is 2.48. The van der Waals surface area contributed by atoms with Crippen molar-refractivity contribution in [3.63, 3.8) is 0 Å². The molecule has 2 fully saturated rings. The maximum atomic E-state index is 12.4. The number of likely N-dealkylation sites (tertiary alicyclic amines) is 1. The van der Waals surface area contributed by atoms with Gasteiger partial charge in [0.1, 0.15) is 5.41 Å². The second kappa shape index (κ2) is 3.48. The first kappa shape index (κ1) is 11.4. The number of carbonyl (C=O) groups is 1. The van der Waals surface area contributed by atoms with Crippen molar-refractivity contribution < 1.29 is 4.79 Å². The van der Waals surface area contributed by atoms with Crippen LogP contribution in [0.25, 0.3) is 0 Å². The van der Waals surface area contributed by atoms with E-state index in [1.54, 1.807) is 0 Å². The maximum Gasteiger partial charge on any atom is 0.243 e. The molecule has 1 amide bonds. The van der Waals surface area contributed by atoms with Gasteiger partial charge in [-0.2, -0.15) is 5.26 Å². The smallest absolute Gasteiger partial charge is 0.243 e. The van der Waals surface area contributed by atoms with E-state index in [1.807, 2.05) is 4.90 Å². The Hall–Kier alpha value is -1.04. The van der Waals surface area contributed by atoms with E-state index in [9.17, 15) is 10.1 Å². The molecule has 0 aromatic heterocycles. The number of carbonyl (C=O) groups excluding carboxylic acids is 1. The van der Waals surface area contributed by atoms with Crippen molar-refractivity contribution in [2.45, 2.75) is 52.0 Å². The van der Waals surface area contributed by atoms with Crippen LogP contribution in [0.15, 0.2) is 0 Å². The second-order valence-corrected chi connectivity index (χ2v) is 6.08. The van der Waals surface area contributed by atoms with Crippen LogP contribution in [0.3, 0.4) is 0 Å². The Morgan fingerprint density at radius 2 is 2.06 bits per heavy atom. The van der Waals surface area contributed by atoms with Gasteiger partial charge in [0.2, 0.25) is 5.91 Å². The van der Waals surface area contributed by atoms with Gasteiger partial charge in [-0.1, -0.05) is 6.92 Å². The van der Waals surface area contributed by atoms with Crippen molar-refractivity contribution >= 4 is 5.91 Å². The zero-order chi connectivity index (χ0) is 12.0. The SMILES string of the molecule is CC1CC(C#N)(C(=O)N2CCCC2(C)C)C1. The first-order chi connectivity index (χ1) is 7.41. The minimum atomic E-state index is -0.693. The summed E-state index contributed by atoms with van der Waals surface area (Å²) in [5.41, 5.74) is -0.749. The second-order valence-electron chi connectivity index (χ2n) is 6.08. The first-order valence-corrected chi connectivity index (χ1v) is 6.15. The molecule has 88 valence electrons. The molecule has 0 aromatic rings. The predicted octanol–water partition coefficient (Wildman–Crippen LogP) is 2.33. The third kappa shape index (κ3) is 1.52. The molecule has 3 heteroatoms. The van der Waals surface area contributed by atoms with Crippen LogP contribution in [0.4, 0.5) is 0 Å². The molecule has 16 heavy (non-hydrogen) atoms. The molecule has 0 bridgehead atoms. The topological polar surface area (TPSA) is 44.1 Å². The third-order valence-corrected chi connectivity index (χ3v) is 4.16. The van der Waals surface area contributed by atoms with E-state index in [4.69, 9.17) is 0 Å². The van der Waals surface area contributed by atoms with Gasteiger partial charge >= 0.3 is 0 Å². The standard InChI is InChI=1S/C13H20N2O/c1-10-7-13(8-10,9-14)11(16)15-6-4-5-12(15,2)3/h10H,4-8H2,1-3H3. The van der Waals surface area contributed by atoms with Crippen LogP contribution in [0.2, 0.25) is 0 Å². The normalized spacial score (nSPS) is 36.6. The zero-order valence-electron chi connectivity index (χ0n) is 10.4. The van der Waals surface area contributed by atoms with E-state index in [0.29, 0.717) is 5.92 Å². The quantitative estimate of drug-likeness (QED) is 0.680. The summed E-state index contributed by atoms with van der Waals surface area (Å²) in [5, 5.41) is 9.26. The van der Waals surface area contributed by atoms with E-state index < -0.39 is 5.41 Å². The van der Waals surface area contributed by atoms with Crippen LogP contribution >= 0.6 is 0 Å². The average molecular weight is 220 g/mol. The fourth-order valence-electron chi connectivity index (χ4n) is 3.19. The summed E-state index contributed by atoms with van der Waals surface area (Å²) in [7, 11) is 0. The number of hydrogen-bond acceptors (Lipinski definition) is 2. The number of hydrogen-bond donors (Lipinski definition) is 0. The Balaban J connectivity index is 2.17. The van der Waals surface area contributed by atoms with Crippen molar-refractivity contribution in [1.29, 1.82) is 5.26 Å². The van der Waals surface area contributed by atoms with Gasteiger partial charge in [-0.15, -0.1) is 0 Å². The number of amides is 1. The molecular weight excluding hydrogens is 200 g/mol. The van der Waals surface area contributed by atoms with Gasteiger partial charge in [-0.05, 0) is 45.4 Å². The predicted molar refractivity (Wildman–Crippen MR) is 61.5 cm³/mol. The Kier molecular flexibility index (Phi) is 2.49. The molecule has 0 spiro atoms. The molecule has 0 unspecified atom stereocenters. The zero-order valence-corrected chi connectivity index (χ0v) is 10.4. The first-order valence-electron chi connectivity index (χ1n) is 6.15. The maximum absolute atomic E-state index is 12.4. The lowest BCUT2D eigenvalue weighted by molar-refractivity contribution is -0.148. The van der Waals surface area contributed by atoms with E-state index in [1.165, 1.54) is 0 Å². The summed E-state index contributed by atoms with van der Waals surface area (Å²) in [6, 6.07) is 2.27. The Morgan fingerprint density at radius 1 is 1.44 bits per heavy atom. The van der Waals surface area contributed by atoms with Crippen molar-refractivity contribution in [3.05, 3.63) is 0 Å². The van der Waals surface area contributed by atoms with E-state index in [2.05, 4.69) is 26.8 Å². The van der Waals surface area contributed by atoms with Crippen LogP contribution in [-0.2, 0) is 4.79 Å². The Bertz CT molecular complexity index is 347. The average Bonchev–Trinajstić information content (AvgIpc) is 2.51. The van der Waals surface area contributed by atoms with Crippen LogP contribution in [-0.4, -0.2) is 22.9 Å². The van der Waals surface area contributed by atoms with Crippen LogP contribution < -0.4 is 0 Å². The van der Waals surface area contributed by atoms with Crippen molar-refractivity contribution in [1.82, 2.24) is 4.90 Å². The molecule has 1 heterocycles. The monoisotopic (exact) mass is 220 g/mol. The van der Waals surface area contributed by atoms with Crippen molar-refractivity contribution in [3.8, 4) is 6.07 Å². The van der Waals surface area contributed by atoms with E-state index in [0.717, 1.165) is 32.2 Å². The minimum Gasteiger partial charge on any atom is -0.336 e. The van der Waals surface area contributed by atoms with Crippen LogP contribution in [0, 0.1) is 22.7 Å². The Morgan fingerprint density at radius 3 is 2.44 bits per heavy atom. The van der Waals surface area contributed by atoms with Gasteiger partial charge in [0.15, 0.2) is 0 Å². The van der Waals surface area contributed by atoms with Gasteiger partial charge in [0.25, 0.3) is 0 Å². The fraction of sp³-hybridized carbons (Fsp3) is 0.846. The summed E-state index contributed by atoms with van der Waals surface area (Å²) < 4.78 is 0. The van der Waals surface area contributed by atoms with Crippen LogP contribution in [0.1, 0.15) is 46.5 Å². The molecule has 1 saturated heterocycles. The molecule has 0 atom stereocenters. The number of rotatable bonds is 1. The molecular formula is C13H20N2O. The van der Waals surface area contributed by atoms with Gasteiger partial charge in [0, 0.05) is 12.1 Å². The van der Waals surface area contributed by atoms with E-state index in [-0.39, 0.29) is 11.4 Å².